The van der Waals surface area contributed by atoms with Gasteiger partial charge in [-0.05, 0) is 66.7 Å². The van der Waals surface area contributed by atoms with Gasteiger partial charge in [-0.2, -0.15) is 0 Å². The van der Waals surface area contributed by atoms with E-state index < -0.39 is 0 Å². The van der Waals surface area contributed by atoms with E-state index in [-0.39, 0.29) is 11.6 Å². The van der Waals surface area contributed by atoms with Crippen LogP contribution >= 0.6 is 15.9 Å². The van der Waals surface area contributed by atoms with E-state index >= 15 is 0 Å². The fourth-order valence-electron chi connectivity index (χ4n) is 2.24. The summed E-state index contributed by atoms with van der Waals surface area (Å²) in [4.78, 5) is 1.93. The van der Waals surface area contributed by atoms with Crippen LogP contribution in [0.2, 0.25) is 0 Å². The van der Waals surface area contributed by atoms with Crippen molar-refractivity contribution in [1.82, 2.24) is 0 Å². The summed E-state index contributed by atoms with van der Waals surface area (Å²) in [6.45, 7) is 0. The molecule has 0 bridgehead atoms. The molecule has 1 nitrogen and oxygen atoms in total. The standard InChI is InChI=1S/C18H12BrF2N/c19-13-2-1-3-18(12-13)22(16-8-4-14(20)5-9-16)17-10-6-15(21)7-11-17/h1-12H. The first-order valence-corrected chi connectivity index (χ1v) is 7.49. The monoisotopic (exact) mass is 359 g/mol. The molecule has 0 aromatic heterocycles. The minimum absolute atomic E-state index is 0.294. The van der Waals surface area contributed by atoms with Crippen molar-refractivity contribution in [1.29, 1.82) is 0 Å². The molecule has 0 aliphatic carbocycles. The lowest BCUT2D eigenvalue weighted by Crippen LogP contribution is -2.09. The van der Waals surface area contributed by atoms with Gasteiger partial charge >= 0.3 is 0 Å². The molecule has 3 aromatic carbocycles. The number of anilines is 3. The molecule has 0 N–H and O–H groups in total. The van der Waals surface area contributed by atoms with Gasteiger partial charge in [0.05, 0.1) is 0 Å². The Balaban J connectivity index is 2.13. The van der Waals surface area contributed by atoms with Gasteiger partial charge in [-0.3, -0.25) is 0 Å². The van der Waals surface area contributed by atoms with Crippen molar-refractivity contribution in [2.75, 3.05) is 4.90 Å². The second-order valence-electron chi connectivity index (χ2n) is 4.77. The minimum Gasteiger partial charge on any atom is -0.310 e. The Kier molecular flexibility index (Phi) is 4.20. The molecule has 3 rings (SSSR count). The van der Waals surface area contributed by atoms with E-state index in [0.29, 0.717) is 0 Å². The maximum atomic E-state index is 13.2. The summed E-state index contributed by atoms with van der Waals surface area (Å²) in [6.07, 6.45) is 0. The van der Waals surface area contributed by atoms with Gasteiger partial charge in [-0.15, -0.1) is 0 Å². The average molecular weight is 360 g/mol. The van der Waals surface area contributed by atoms with Crippen molar-refractivity contribution in [2.24, 2.45) is 0 Å². The van der Waals surface area contributed by atoms with E-state index in [1.807, 2.05) is 29.2 Å². The Bertz CT molecular complexity index is 724. The van der Waals surface area contributed by atoms with Crippen LogP contribution in [-0.4, -0.2) is 0 Å². The molecule has 0 atom stereocenters. The fraction of sp³-hybridized carbons (Fsp3) is 0. The van der Waals surface area contributed by atoms with Crippen molar-refractivity contribution in [3.05, 3.63) is 88.9 Å². The first-order chi connectivity index (χ1) is 10.6. The second-order valence-corrected chi connectivity index (χ2v) is 5.68. The molecule has 4 heteroatoms. The molecule has 110 valence electrons. The third-order valence-corrected chi connectivity index (χ3v) is 3.73. The number of benzene rings is 3. The van der Waals surface area contributed by atoms with E-state index in [2.05, 4.69) is 15.9 Å². The largest absolute Gasteiger partial charge is 0.310 e. The van der Waals surface area contributed by atoms with Crippen LogP contribution in [0, 0.1) is 11.6 Å². The lowest BCUT2D eigenvalue weighted by Gasteiger charge is -2.25. The Morgan fingerprint density at radius 1 is 0.636 bits per heavy atom. The predicted molar refractivity (Wildman–Crippen MR) is 88.7 cm³/mol. The number of halogens is 3. The molecule has 0 aliphatic rings. The SMILES string of the molecule is Fc1ccc(N(c2ccc(F)cc2)c2cccc(Br)c2)cc1. The van der Waals surface area contributed by atoms with Crippen molar-refractivity contribution in [3.8, 4) is 0 Å². The molecule has 0 unspecified atom stereocenters. The molecule has 22 heavy (non-hydrogen) atoms. The minimum atomic E-state index is -0.294. The molecule has 0 spiro atoms. The van der Waals surface area contributed by atoms with Crippen LogP contribution in [0.25, 0.3) is 0 Å². The van der Waals surface area contributed by atoms with E-state index in [1.165, 1.54) is 24.3 Å². The molecule has 0 heterocycles. The van der Waals surface area contributed by atoms with Gasteiger partial charge in [0.2, 0.25) is 0 Å². The normalized spacial score (nSPS) is 10.5. The molecule has 0 radical (unpaired) electrons. The molecular formula is C18H12BrF2N. The topological polar surface area (TPSA) is 3.24 Å². The summed E-state index contributed by atoms with van der Waals surface area (Å²) in [5.41, 5.74) is 2.49. The Labute approximate surface area is 136 Å². The Morgan fingerprint density at radius 2 is 1.14 bits per heavy atom. The fourth-order valence-corrected chi connectivity index (χ4v) is 2.63. The second kappa shape index (κ2) is 6.28. The number of hydrogen-bond acceptors (Lipinski definition) is 1. The van der Waals surface area contributed by atoms with E-state index in [0.717, 1.165) is 21.5 Å². The summed E-state index contributed by atoms with van der Waals surface area (Å²) in [5.74, 6) is -0.589. The van der Waals surface area contributed by atoms with Gasteiger partial charge < -0.3 is 4.90 Å². The molecule has 0 amide bonds. The van der Waals surface area contributed by atoms with Gasteiger partial charge in [0.15, 0.2) is 0 Å². The van der Waals surface area contributed by atoms with E-state index in [4.69, 9.17) is 0 Å². The van der Waals surface area contributed by atoms with Crippen LogP contribution in [-0.2, 0) is 0 Å². The summed E-state index contributed by atoms with van der Waals surface area (Å²) >= 11 is 3.45. The van der Waals surface area contributed by atoms with Crippen molar-refractivity contribution in [3.63, 3.8) is 0 Å². The van der Waals surface area contributed by atoms with Crippen molar-refractivity contribution in [2.45, 2.75) is 0 Å². The van der Waals surface area contributed by atoms with Gasteiger partial charge in [-0.1, -0.05) is 22.0 Å². The first-order valence-electron chi connectivity index (χ1n) is 6.70. The highest BCUT2D eigenvalue weighted by Gasteiger charge is 2.12. The van der Waals surface area contributed by atoms with Crippen LogP contribution in [0.3, 0.4) is 0 Å². The summed E-state index contributed by atoms with van der Waals surface area (Å²) < 4.78 is 27.3. The van der Waals surface area contributed by atoms with Crippen molar-refractivity contribution >= 4 is 33.0 Å². The zero-order chi connectivity index (χ0) is 15.5. The molecule has 0 aliphatic heterocycles. The smallest absolute Gasteiger partial charge is 0.123 e. The number of hydrogen-bond donors (Lipinski definition) is 0. The van der Waals surface area contributed by atoms with Crippen LogP contribution in [0.5, 0.6) is 0 Å². The van der Waals surface area contributed by atoms with E-state index in [1.54, 1.807) is 24.3 Å². The summed E-state index contributed by atoms with van der Waals surface area (Å²) in [7, 11) is 0. The number of rotatable bonds is 3. The van der Waals surface area contributed by atoms with Gasteiger partial charge in [0, 0.05) is 21.5 Å². The molecule has 0 saturated carbocycles. The zero-order valence-corrected chi connectivity index (χ0v) is 13.1. The molecule has 0 fully saturated rings. The van der Waals surface area contributed by atoms with Crippen LogP contribution in [0.1, 0.15) is 0 Å². The van der Waals surface area contributed by atoms with Crippen LogP contribution in [0.4, 0.5) is 25.8 Å². The maximum absolute atomic E-state index is 13.2. The molecule has 0 saturated heterocycles. The highest BCUT2D eigenvalue weighted by molar-refractivity contribution is 9.10. The maximum Gasteiger partial charge on any atom is 0.123 e. The van der Waals surface area contributed by atoms with Crippen LogP contribution in [0.15, 0.2) is 77.3 Å². The zero-order valence-electron chi connectivity index (χ0n) is 11.5. The highest BCUT2D eigenvalue weighted by atomic mass is 79.9. The van der Waals surface area contributed by atoms with Crippen molar-refractivity contribution < 1.29 is 8.78 Å². The first kappa shape index (κ1) is 14.7. The Morgan fingerprint density at radius 3 is 1.59 bits per heavy atom. The summed E-state index contributed by atoms with van der Waals surface area (Å²) in [6, 6.07) is 20.1. The predicted octanol–water partition coefficient (Wildman–Crippen LogP) is 6.20. The molecular weight excluding hydrogens is 348 g/mol. The lowest BCUT2D eigenvalue weighted by atomic mass is 10.2. The highest BCUT2D eigenvalue weighted by Crippen LogP contribution is 2.35. The van der Waals surface area contributed by atoms with Crippen LogP contribution < -0.4 is 4.90 Å². The Hall–Kier alpha value is -2.20. The third kappa shape index (κ3) is 3.17. The van der Waals surface area contributed by atoms with E-state index in [9.17, 15) is 8.78 Å². The van der Waals surface area contributed by atoms with Gasteiger partial charge in [0.25, 0.3) is 0 Å². The molecule has 3 aromatic rings. The number of nitrogens with zero attached hydrogens (tertiary/aromatic N) is 1. The quantitative estimate of drug-likeness (QED) is 0.538. The van der Waals surface area contributed by atoms with Gasteiger partial charge in [0.1, 0.15) is 11.6 Å². The average Bonchev–Trinajstić information content (AvgIpc) is 2.51. The third-order valence-electron chi connectivity index (χ3n) is 3.24. The van der Waals surface area contributed by atoms with Gasteiger partial charge in [-0.25, -0.2) is 8.78 Å². The summed E-state index contributed by atoms with van der Waals surface area (Å²) in [5, 5.41) is 0. The lowest BCUT2D eigenvalue weighted by molar-refractivity contribution is 0.628.